The fraction of sp³-hybridized carbons (Fsp3) is 0.930. The van der Waals surface area contributed by atoms with Gasteiger partial charge < -0.3 is 15.2 Å². The Labute approximate surface area is 304 Å². The number of aliphatic carboxylic acids is 1. The van der Waals surface area contributed by atoms with Gasteiger partial charge in [-0.05, 0) is 38.5 Å². The van der Waals surface area contributed by atoms with Crippen molar-refractivity contribution < 1.29 is 24.2 Å². The number of carboxylic acids is 1. The molecule has 6 heteroatoms. The molecule has 0 aromatic carbocycles. The van der Waals surface area contributed by atoms with E-state index in [9.17, 15) is 14.4 Å². The Balaban J connectivity index is 3.94. The molecule has 0 bridgehead atoms. The topological polar surface area (TPSA) is 92.7 Å². The van der Waals surface area contributed by atoms with Crippen molar-refractivity contribution in [3.8, 4) is 0 Å². The van der Waals surface area contributed by atoms with E-state index in [0.717, 1.165) is 64.2 Å². The highest BCUT2D eigenvalue weighted by molar-refractivity contribution is 5.80. The summed E-state index contributed by atoms with van der Waals surface area (Å²) in [5.41, 5.74) is 0. The summed E-state index contributed by atoms with van der Waals surface area (Å²) in [5, 5.41) is 11.1. The second-order valence-electron chi connectivity index (χ2n) is 15.0. The number of ether oxygens (including phenoxy) is 1. The molecule has 2 N–H and O–H groups in total. The maximum atomic E-state index is 12.7. The van der Waals surface area contributed by atoms with Gasteiger partial charge in [-0.2, -0.15) is 0 Å². The molecule has 0 spiro atoms. The van der Waals surface area contributed by atoms with Crippen LogP contribution >= 0.6 is 0 Å². The summed E-state index contributed by atoms with van der Waals surface area (Å²) < 4.78 is 6.01. The molecule has 1 atom stereocenters. The fourth-order valence-electron chi connectivity index (χ4n) is 6.81. The van der Waals surface area contributed by atoms with E-state index in [-0.39, 0.29) is 24.5 Å². The third-order valence-corrected chi connectivity index (χ3v) is 10.0. The van der Waals surface area contributed by atoms with Crippen LogP contribution < -0.4 is 5.32 Å². The monoisotopic (exact) mass is 694 g/mol. The molecule has 0 rings (SSSR count). The SMILES string of the molecule is CCCCCCCCCCCCCCCCCCCCCC(=O)OC(CCCCCCCCCC)CCCCCCCC(=O)NCC(=O)O. The Morgan fingerprint density at radius 3 is 1.10 bits per heavy atom. The van der Waals surface area contributed by atoms with E-state index in [1.54, 1.807) is 0 Å². The zero-order chi connectivity index (χ0) is 35.9. The van der Waals surface area contributed by atoms with Gasteiger partial charge in [0.2, 0.25) is 5.91 Å². The lowest BCUT2D eigenvalue weighted by Crippen LogP contribution is -2.28. The number of carbonyl (C=O) groups is 3. The number of carboxylic acid groups (broad SMARTS) is 1. The highest BCUT2D eigenvalue weighted by Gasteiger charge is 2.14. The summed E-state index contributed by atoms with van der Waals surface area (Å²) in [5.74, 6) is -1.21. The Morgan fingerprint density at radius 2 is 0.755 bits per heavy atom. The van der Waals surface area contributed by atoms with Gasteiger partial charge in [-0.3, -0.25) is 14.4 Å². The zero-order valence-corrected chi connectivity index (χ0v) is 32.8. The molecule has 49 heavy (non-hydrogen) atoms. The van der Waals surface area contributed by atoms with E-state index >= 15 is 0 Å². The molecule has 0 aliphatic heterocycles. The van der Waals surface area contributed by atoms with Crippen LogP contribution in [0.25, 0.3) is 0 Å². The molecule has 0 aliphatic carbocycles. The first-order valence-electron chi connectivity index (χ1n) is 21.7. The van der Waals surface area contributed by atoms with Crippen LogP contribution in [-0.2, 0) is 19.1 Å². The first-order valence-corrected chi connectivity index (χ1v) is 21.7. The van der Waals surface area contributed by atoms with Crippen molar-refractivity contribution in [2.75, 3.05) is 6.54 Å². The maximum absolute atomic E-state index is 12.7. The maximum Gasteiger partial charge on any atom is 0.322 e. The van der Waals surface area contributed by atoms with E-state index in [1.807, 2.05) is 0 Å². The predicted molar refractivity (Wildman–Crippen MR) is 208 cm³/mol. The Morgan fingerprint density at radius 1 is 0.449 bits per heavy atom. The molecule has 0 saturated carbocycles. The Kier molecular flexibility index (Phi) is 37.9. The van der Waals surface area contributed by atoms with Gasteiger partial charge in [-0.15, -0.1) is 0 Å². The van der Waals surface area contributed by atoms with Crippen molar-refractivity contribution in [2.45, 2.75) is 251 Å². The molecule has 0 radical (unpaired) electrons. The van der Waals surface area contributed by atoms with E-state index in [2.05, 4.69) is 19.2 Å². The molecule has 0 aliphatic rings. The van der Waals surface area contributed by atoms with Crippen LogP contribution in [0.3, 0.4) is 0 Å². The standard InChI is InChI=1S/C43H83NO5/c1-3-5-7-9-11-13-14-15-16-17-18-19-20-21-22-23-25-30-34-38-43(48)49-40(35-31-27-24-12-10-8-6-4-2)36-32-28-26-29-33-37-41(45)44-39-42(46)47/h40H,3-39H2,1-2H3,(H,44,45)(H,46,47). The van der Waals surface area contributed by atoms with Crippen LogP contribution in [0.1, 0.15) is 245 Å². The van der Waals surface area contributed by atoms with E-state index in [1.165, 1.54) is 154 Å². The molecular weight excluding hydrogens is 610 g/mol. The minimum Gasteiger partial charge on any atom is -0.480 e. The van der Waals surface area contributed by atoms with E-state index in [4.69, 9.17) is 9.84 Å². The summed E-state index contributed by atoms with van der Waals surface area (Å²) in [7, 11) is 0. The van der Waals surface area contributed by atoms with Gasteiger partial charge in [-0.1, -0.05) is 194 Å². The molecular formula is C43H83NO5. The van der Waals surface area contributed by atoms with Crippen molar-refractivity contribution in [3.63, 3.8) is 0 Å². The number of carbonyl (C=O) groups excluding carboxylic acids is 2. The molecule has 0 fully saturated rings. The van der Waals surface area contributed by atoms with Gasteiger partial charge >= 0.3 is 11.9 Å². The molecule has 0 aromatic rings. The lowest BCUT2D eigenvalue weighted by molar-refractivity contribution is -0.150. The normalized spacial score (nSPS) is 11.9. The first-order chi connectivity index (χ1) is 24.0. The number of unbranched alkanes of at least 4 members (excludes halogenated alkanes) is 29. The highest BCUT2D eigenvalue weighted by Crippen LogP contribution is 2.19. The lowest BCUT2D eigenvalue weighted by Gasteiger charge is -2.18. The largest absolute Gasteiger partial charge is 0.480 e. The average Bonchev–Trinajstić information content (AvgIpc) is 3.08. The second-order valence-corrected chi connectivity index (χ2v) is 15.0. The number of hydrogen-bond donors (Lipinski definition) is 2. The van der Waals surface area contributed by atoms with Gasteiger partial charge in [0.05, 0.1) is 0 Å². The number of hydrogen-bond acceptors (Lipinski definition) is 4. The van der Waals surface area contributed by atoms with Crippen LogP contribution in [0.5, 0.6) is 0 Å². The summed E-state index contributed by atoms with van der Waals surface area (Å²) in [6.45, 7) is 4.24. The van der Waals surface area contributed by atoms with Crippen LogP contribution in [0.15, 0.2) is 0 Å². The quantitative estimate of drug-likeness (QED) is 0.0492. The number of rotatable bonds is 40. The highest BCUT2D eigenvalue weighted by atomic mass is 16.5. The molecule has 6 nitrogen and oxygen atoms in total. The van der Waals surface area contributed by atoms with E-state index < -0.39 is 5.97 Å². The zero-order valence-electron chi connectivity index (χ0n) is 32.8. The summed E-state index contributed by atoms with van der Waals surface area (Å²) in [6.07, 6.45) is 43.8. The number of amides is 1. The minimum absolute atomic E-state index is 0.0103. The number of nitrogens with one attached hydrogen (secondary N) is 1. The predicted octanol–water partition coefficient (Wildman–Crippen LogP) is 13.2. The molecule has 0 saturated heterocycles. The van der Waals surface area contributed by atoms with Crippen LogP contribution in [0.4, 0.5) is 0 Å². The first kappa shape index (κ1) is 47.4. The van der Waals surface area contributed by atoms with Gasteiger partial charge in [-0.25, -0.2) is 0 Å². The summed E-state index contributed by atoms with van der Waals surface area (Å²) >= 11 is 0. The molecule has 0 heterocycles. The van der Waals surface area contributed by atoms with Gasteiger partial charge in [0.1, 0.15) is 12.6 Å². The van der Waals surface area contributed by atoms with Crippen LogP contribution in [0.2, 0.25) is 0 Å². The molecule has 290 valence electrons. The summed E-state index contributed by atoms with van der Waals surface area (Å²) in [4.78, 5) is 34.9. The Hall–Kier alpha value is -1.59. The smallest absolute Gasteiger partial charge is 0.322 e. The van der Waals surface area contributed by atoms with Crippen molar-refractivity contribution in [2.24, 2.45) is 0 Å². The average molecular weight is 694 g/mol. The van der Waals surface area contributed by atoms with Crippen molar-refractivity contribution in [3.05, 3.63) is 0 Å². The van der Waals surface area contributed by atoms with Gasteiger partial charge in [0.15, 0.2) is 0 Å². The number of esters is 1. The molecule has 0 aromatic heterocycles. The van der Waals surface area contributed by atoms with Gasteiger partial charge in [0.25, 0.3) is 0 Å². The Bertz CT molecular complexity index is 727. The third-order valence-electron chi connectivity index (χ3n) is 10.0. The minimum atomic E-state index is -1.01. The third kappa shape index (κ3) is 39.1. The van der Waals surface area contributed by atoms with Crippen molar-refractivity contribution in [1.29, 1.82) is 0 Å². The fourth-order valence-corrected chi connectivity index (χ4v) is 6.81. The summed E-state index contributed by atoms with van der Waals surface area (Å²) in [6, 6.07) is 0. The van der Waals surface area contributed by atoms with Crippen molar-refractivity contribution in [1.82, 2.24) is 5.32 Å². The molecule has 1 unspecified atom stereocenters. The van der Waals surface area contributed by atoms with Gasteiger partial charge in [0, 0.05) is 12.8 Å². The van der Waals surface area contributed by atoms with Crippen LogP contribution in [-0.4, -0.2) is 35.6 Å². The van der Waals surface area contributed by atoms with Crippen molar-refractivity contribution >= 4 is 17.8 Å². The lowest BCUT2D eigenvalue weighted by atomic mass is 10.0. The van der Waals surface area contributed by atoms with E-state index in [0.29, 0.717) is 12.8 Å². The second kappa shape index (κ2) is 39.2. The van der Waals surface area contributed by atoms with Crippen LogP contribution in [0, 0.1) is 0 Å². The molecule has 1 amide bonds.